The molecule has 36 heavy (non-hydrogen) atoms. The monoisotopic (exact) mass is 511 g/mol. The van der Waals surface area contributed by atoms with Gasteiger partial charge in [0.2, 0.25) is 0 Å². The normalized spacial score (nSPS) is 33.5. The number of carbonyl (C=O) groups is 1. The summed E-state index contributed by atoms with van der Waals surface area (Å²) in [5, 5.41) is 0. The van der Waals surface area contributed by atoms with E-state index in [9.17, 15) is 4.79 Å². The van der Waals surface area contributed by atoms with Gasteiger partial charge in [-0.3, -0.25) is 0 Å². The molecule has 0 aromatic heterocycles. The first-order valence-corrected chi connectivity index (χ1v) is 12.9. The maximum absolute atomic E-state index is 11.0. The maximum Gasteiger partial charge on any atom is 0.335 e. The highest BCUT2D eigenvalue weighted by Crippen LogP contribution is 2.33. The van der Waals surface area contributed by atoms with Gasteiger partial charge in [0.1, 0.15) is 0 Å². The molecule has 3 aliphatic heterocycles. The third-order valence-corrected chi connectivity index (χ3v) is 6.95. The molecular formula is C28H49NO7. The molecule has 0 bridgehead atoms. The van der Waals surface area contributed by atoms with E-state index < -0.39 is 0 Å². The minimum atomic E-state index is -0.249. The van der Waals surface area contributed by atoms with Crippen molar-refractivity contribution >= 4 is 5.97 Å². The van der Waals surface area contributed by atoms with Gasteiger partial charge >= 0.3 is 5.97 Å². The van der Waals surface area contributed by atoms with Gasteiger partial charge in [-0.1, -0.05) is 46.8 Å². The molecule has 0 aromatic carbocycles. The summed E-state index contributed by atoms with van der Waals surface area (Å²) in [5.41, 5.74) is 0.692. The van der Waals surface area contributed by atoms with Crippen molar-refractivity contribution in [2.75, 3.05) is 35.5 Å². The molecule has 8 unspecified atom stereocenters. The third-order valence-electron chi connectivity index (χ3n) is 6.95. The first kappa shape index (κ1) is 32.3. The Hall–Kier alpha value is -1.71. The summed E-state index contributed by atoms with van der Waals surface area (Å²) < 4.78 is 31.9. The molecular weight excluding hydrogens is 462 g/mol. The second-order valence-corrected chi connectivity index (χ2v) is 9.44. The summed E-state index contributed by atoms with van der Waals surface area (Å²) in [7, 11) is 8.39. The fourth-order valence-corrected chi connectivity index (χ4v) is 4.51. The van der Waals surface area contributed by atoms with Crippen LogP contribution in [0.3, 0.4) is 0 Å². The van der Waals surface area contributed by atoms with Crippen molar-refractivity contribution in [1.29, 1.82) is 0 Å². The quantitative estimate of drug-likeness (QED) is 0.368. The number of methoxy groups -OCH3 is 4. The molecule has 3 heterocycles. The Morgan fingerprint density at radius 1 is 0.944 bits per heavy atom. The molecule has 8 nitrogen and oxygen atoms in total. The number of hydrogen-bond acceptors (Lipinski definition) is 8. The van der Waals surface area contributed by atoms with E-state index in [1.54, 1.807) is 27.5 Å². The number of nitrogens with zero attached hydrogens (tertiary/aromatic N) is 1. The van der Waals surface area contributed by atoms with Gasteiger partial charge in [0.05, 0.1) is 31.0 Å². The van der Waals surface area contributed by atoms with Crippen LogP contribution < -0.4 is 0 Å². The second-order valence-electron chi connectivity index (χ2n) is 9.44. The largest absolute Gasteiger partial charge is 0.466 e. The Morgan fingerprint density at radius 3 is 2.11 bits per heavy atom. The van der Waals surface area contributed by atoms with Crippen LogP contribution in [0.1, 0.15) is 53.9 Å². The summed E-state index contributed by atoms with van der Waals surface area (Å²) in [6, 6.07) is 0. The van der Waals surface area contributed by atoms with E-state index in [4.69, 9.17) is 23.7 Å². The number of carbonyl (C=O) groups excluding carboxylic acids is 1. The van der Waals surface area contributed by atoms with Crippen LogP contribution in [0.25, 0.3) is 0 Å². The standard InChI is InChI=1S/C11H22O3.C9H16O2.C8H11NO2/c1-6-9-10(12-4)7(2)8(3)11(13-5)14-9;1-4-8-7(2)5-6-9(10-3)11-8;1-9-5-3-4-7(6-9)8(10)11-2/h7-11H,6H2,1-5H3;5-9H,4H2,1-3H3;3,5-6H,4H2,1-2H3. The van der Waals surface area contributed by atoms with Crippen LogP contribution in [-0.2, 0) is 33.2 Å². The average Bonchev–Trinajstić information content (AvgIpc) is 2.90. The van der Waals surface area contributed by atoms with Crippen LogP contribution in [0.5, 0.6) is 0 Å². The van der Waals surface area contributed by atoms with Gasteiger partial charge in [0.25, 0.3) is 0 Å². The van der Waals surface area contributed by atoms with Gasteiger partial charge in [-0.25, -0.2) is 4.79 Å². The molecule has 0 saturated carbocycles. The molecule has 0 radical (unpaired) electrons. The van der Waals surface area contributed by atoms with Gasteiger partial charge in [-0.15, -0.1) is 0 Å². The van der Waals surface area contributed by atoms with E-state index in [2.05, 4.69) is 45.4 Å². The van der Waals surface area contributed by atoms with E-state index in [0.717, 1.165) is 12.8 Å². The predicted molar refractivity (Wildman–Crippen MR) is 141 cm³/mol. The molecule has 0 aromatic rings. The van der Waals surface area contributed by atoms with E-state index >= 15 is 0 Å². The zero-order chi connectivity index (χ0) is 27.3. The lowest BCUT2D eigenvalue weighted by molar-refractivity contribution is -0.258. The summed E-state index contributed by atoms with van der Waals surface area (Å²) in [4.78, 5) is 12.8. The Labute approximate surface area is 218 Å². The highest BCUT2D eigenvalue weighted by molar-refractivity contribution is 5.88. The molecule has 1 saturated heterocycles. The number of rotatable bonds is 6. The van der Waals surface area contributed by atoms with Crippen LogP contribution in [0.4, 0.5) is 0 Å². The van der Waals surface area contributed by atoms with Crippen molar-refractivity contribution in [3.63, 3.8) is 0 Å². The van der Waals surface area contributed by atoms with E-state index in [-0.39, 0.29) is 30.8 Å². The topological polar surface area (TPSA) is 75.7 Å². The lowest BCUT2D eigenvalue weighted by Crippen LogP contribution is -2.50. The number of allylic oxidation sites excluding steroid dienone is 1. The van der Waals surface area contributed by atoms with Crippen LogP contribution in [0, 0.1) is 17.8 Å². The van der Waals surface area contributed by atoms with Crippen molar-refractivity contribution in [2.45, 2.75) is 84.8 Å². The van der Waals surface area contributed by atoms with Crippen molar-refractivity contribution in [2.24, 2.45) is 17.8 Å². The van der Waals surface area contributed by atoms with Gasteiger partial charge < -0.3 is 33.3 Å². The smallest absolute Gasteiger partial charge is 0.335 e. The molecule has 1 fully saturated rings. The van der Waals surface area contributed by atoms with Crippen molar-refractivity contribution < 1.29 is 33.2 Å². The summed E-state index contributed by atoms with van der Waals surface area (Å²) in [6.07, 6.45) is 12.9. The highest BCUT2D eigenvalue weighted by atomic mass is 16.7. The number of ether oxygens (including phenoxy) is 6. The predicted octanol–water partition coefficient (Wildman–Crippen LogP) is 4.91. The molecule has 208 valence electrons. The summed E-state index contributed by atoms with van der Waals surface area (Å²) in [5.74, 6) is 1.13. The first-order chi connectivity index (χ1) is 17.2. The average molecular weight is 512 g/mol. The Bertz CT molecular complexity index is 721. The summed E-state index contributed by atoms with van der Waals surface area (Å²) >= 11 is 0. The van der Waals surface area contributed by atoms with Gasteiger partial charge in [0.15, 0.2) is 12.6 Å². The Balaban J connectivity index is 0.000000273. The molecule has 0 spiro atoms. The SMILES string of the molecule is CCC1OC(OC)C(C)C(C)C1OC.CCC1OC(OC)C=CC1C.COC(=O)C1=CN(C)C=CC1. The molecule has 3 rings (SSSR count). The van der Waals surface area contributed by atoms with Crippen molar-refractivity contribution in [3.05, 3.63) is 36.2 Å². The Kier molecular flexibility index (Phi) is 15.2. The fraction of sp³-hybridized carbons (Fsp3) is 0.750. The van der Waals surface area contributed by atoms with Crippen molar-refractivity contribution in [3.8, 4) is 0 Å². The second kappa shape index (κ2) is 16.9. The van der Waals surface area contributed by atoms with Crippen LogP contribution in [0.2, 0.25) is 0 Å². The lowest BCUT2D eigenvalue weighted by Gasteiger charge is -2.43. The zero-order valence-electron chi connectivity index (χ0n) is 23.9. The van der Waals surface area contributed by atoms with Crippen LogP contribution >= 0.6 is 0 Å². The first-order valence-electron chi connectivity index (χ1n) is 12.9. The number of hydrogen-bond donors (Lipinski definition) is 0. The number of esters is 1. The minimum absolute atomic E-state index is 0.0821. The highest BCUT2D eigenvalue weighted by Gasteiger charge is 2.40. The van der Waals surface area contributed by atoms with E-state index in [0.29, 0.717) is 35.9 Å². The van der Waals surface area contributed by atoms with Gasteiger partial charge in [-0.05, 0) is 31.0 Å². The van der Waals surface area contributed by atoms with Crippen LogP contribution in [-0.4, -0.2) is 77.2 Å². The van der Waals surface area contributed by atoms with Gasteiger partial charge in [0, 0.05) is 52.8 Å². The van der Waals surface area contributed by atoms with Crippen molar-refractivity contribution in [1.82, 2.24) is 4.90 Å². The fourth-order valence-electron chi connectivity index (χ4n) is 4.51. The van der Waals surface area contributed by atoms with Crippen LogP contribution in [0.15, 0.2) is 36.2 Å². The summed E-state index contributed by atoms with van der Waals surface area (Å²) in [6.45, 7) is 10.8. The molecule has 8 heteroatoms. The lowest BCUT2D eigenvalue weighted by atomic mass is 9.84. The van der Waals surface area contributed by atoms with E-state index in [1.807, 2.05) is 30.3 Å². The molecule has 0 amide bonds. The minimum Gasteiger partial charge on any atom is -0.466 e. The third kappa shape index (κ3) is 9.63. The molecule has 8 atom stereocenters. The van der Waals surface area contributed by atoms with Gasteiger partial charge in [-0.2, -0.15) is 0 Å². The molecule has 0 aliphatic carbocycles. The zero-order valence-corrected chi connectivity index (χ0v) is 23.9. The molecule has 0 N–H and O–H groups in total. The maximum atomic E-state index is 11.0. The Morgan fingerprint density at radius 2 is 1.61 bits per heavy atom. The molecule has 3 aliphatic rings. The van der Waals surface area contributed by atoms with E-state index in [1.165, 1.54) is 7.11 Å².